The van der Waals surface area contributed by atoms with Crippen molar-refractivity contribution in [3.63, 3.8) is 0 Å². The molecule has 0 fully saturated rings. The van der Waals surface area contributed by atoms with Gasteiger partial charge in [0.05, 0.1) is 7.11 Å². The summed E-state index contributed by atoms with van der Waals surface area (Å²) in [7, 11) is 1.68. The topological polar surface area (TPSA) is 9.23 Å². The molecule has 0 saturated carbocycles. The molecule has 0 saturated heterocycles. The van der Waals surface area contributed by atoms with Crippen LogP contribution in [-0.2, 0) is 4.74 Å². The van der Waals surface area contributed by atoms with Crippen molar-refractivity contribution in [3.05, 3.63) is 53.8 Å². The number of hydrogen-bond acceptors (Lipinski definition) is 1. The van der Waals surface area contributed by atoms with E-state index in [1.54, 1.807) is 7.11 Å². The van der Waals surface area contributed by atoms with E-state index in [-0.39, 0.29) is 0 Å². The van der Waals surface area contributed by atoms with Crippen LogP contribution in [0.25, 0.3) is 6.08 Å². The van der Waals surface area contributed by atoms with Crippen molar-refractivity contribution >= 4 is 6.08 Å². The maximum absolute atomic E-state index is 5.17. The first kappa shape index (κ1) is 9.59. The van der Waals surface area contributed by atoms with Crippen LogP contribution in [0.3, 0.4) is 0 Å². The number of hydrogen-bond donors (Lipinski definition) is 0. The van der Waals surface area contributed by atoms with E-state index in [2.05, 4.69) is 0 Å². The Hall–Kier alpha value is -1.50. The molecule has 68 valence electrons. The molecule has 0 heterocycles. The molecule has 0 aliphatic rings. The Kier molecular flexibility index (Phi) is 3.83. The number of benzene rings is 1. The maximum atomic E-state index is 5.17. The molecule has 0 aromatic heterocycles. The zero-order valence-corrected chi connectivity index (χ0v) is 8.03. The Morgan fingerprint density at radius 2 is 1.92 bits per heavy atom. The lowest BCUT2D eigenvalue weighted by Crippen LogP contribution is -1.81. The van der Waals surface area contributed by atoms with Gasteiger partial charge in [-0.1, -0.05) is 36.4 Å². The normalized spacial score (nSPS) is 12.0. The lowest BCUT2D eigenvalue weighted by atomic mass is 10.2. The largest absolute Gasteiger partial charge is 0.497 e. The van der Waals surface area contributed by atoms with E-state index < -0.39 is 0 Å². The second-order valence-electron chi connectivity index (χ2n) is 2.66. The zero-order valence-electron chi connectivity index (χ0n) is 8.03. The first-order chi connectivity index (χ1) is 6.36. The molecular weight excluding hydrogens is 160 g/mol. The average Bonchev–Trinajstić information content (AvgIpc) is 2.19. The van der Waals surface area contributed by atoms with Gasteiger partial charge in [-0.2, -0.15) is 0 Å². The van der Waals surface area contributed by atoms with Gasteiger partial charge in [0.25, 0.3) is 0 Å². The molecule has 1 nitrogen and oxygen atoms in total. The van der Waals surface area contributed by atoms with Gasteiger partial charge in [0, 0.05) is 0 Å². The summed E-state index contributed by atoms with van der Waals surface area (Å²) in [5.41, 5.74) is 1.15. The monoisotopic (exact) mass is 174 g/mol. The fourth-order valence-electron chi connectivity index (χ4n) is 1.05. The second kappa shape index (κ2) is 5.20. The molecule has 0 amide bonds. The van der Waals surface area contributed by atoms with Crippen molar-refractivity contribution < 1.29 is 4.74 Å². The molecule has 13 heavy (non-hydrogen) atoms. The van der Waals surface area contributed by atoms with Crippen LogP contribution >= 0.6 is 0 Å². The van der Waals surface area contributed by atoms with Crippen molar-refractivity contribution in [2.24, 2.45) is 0 Å². The Balaban J connectivity index is 2.85. The number of allylic oxidation sites excluding steroid dienone is 2. The Morgan fingerprint density at radius 1 is 1.23 bits per heavy atom. The van der Waals surface area contributed by atoms with Crippen molar-refractivity contribution in [3.8, 4) is 0 Å². The third-order valence-electron chi connectivity index (χ3n) is 1.68. The van der Waals surface area contributed by atoms with E-state index in [1.165, 1.54) is 0 Å². The summed E-state index contributed by atoms with van der Waals surface area (Å²) < 4.78 is 5.17. The van der Waals surface area contributed by atoms with E-state index in [0.29, 0.717) is 0 Å². The molecule has 0 unspecified atom stereocenters. The van der Waals surface area contributed by atoms with Crippen molar-refractivity contribution in [2.45, 2.75) is 6.92 Å². The summed E-state index contributed by atoms with van der Waals surface area (Å²) in [6.07, 6.45) is 5.89. The minimum atomic E-state index is 0.869. The Bertz CT molecular complexity index is 296. The fraction of sp³-hybridized carbons (Fsp3) is 0.167. The van der Waals surface area contributed by atoms with Gasteiger partial charge in [0.15, 0.2) is 0 Å². The van der Waals surface area contributed by atoms with Crippen LogP contribution < -0.4 is 0 Å². The quantitative estimate of drug-likeness (QED) is 0.505. The summed E-state index contributed by atoms with van der Waals surface area (Å²) >= 11 is 0. The molecule has 1 aromatic carbocycles. The third-order valence-corrected chi connectivity index (χ3v) is 1.68. The molecule has 1 aromatic rings. The van der Waals surface area contributed by atoms with Crippen LogP contribution in [0.4, 0.5) is 0 Å². The molecule has 0 spiro atoms. The van der Waals surface area contributed by atoms with Crippen LogP contribution in [-0.4, -0.2) is 7.11 Å². The fourth-order valence-corrected chi connectivity index (χ4v) is 1.05. The van der Waals surface area contributed by atoms with Crippen molar-refractivity contribution in [1.82, 2.24) is 0 Å². The highest BCUT2D eigenvalue weighted by atomic mass is 16.5. The van der Waals surface area contributed by atoms with Crippen molar-refractivity contribution in [2.75, 3.05) is 7.11 Å². The molecule has 1 rings (SSSR count). The van der Waals surface area contributed by atoms with E-state index in [9.17, 15) is 0 Å². The maximum Gasteiger partial charge on any atom is 0.119 e. The predicted octanol–water partition coefficient (Wildman–Crippen LogP) is 3.25. The number of ether oxygens (including phenoxy) is 1. The lowest BCUT2D eigenvalue weighted by molar-refractivity contribution is 0.310. The standard InChI is InChI=1S/C12H14O/c1-3-7-12(13-2)10-11-8-5-4-6-9-11/h3-10H,1-2H3/b7-3+,12-10-. The van der Waals surface area contributed by atoms with Crippen LogP contribution in [0.5, 0.6) is 0 Å². The Labute approximate surface area is 79.4 Å². The van der Waals surface area contributed by atoms with Gasteiger partial charge in [0.1, 0.15) is 5.76 Å². The summed E-state index contributed by atoms with van der Waals surface area (Å²) in [4.78, 5) is 0. The predicted molar refractivity (Wildman–Crippen MR) is 56.2 cm³/mol. The molecule has 0 atom stereocenters. The summed E-state index contributed by atoms with van der Waals surface area (Å²) in [5, 5.41) is 0. The zero-order chi connectivity index (χ0) is 9.52. The molecule has 1 heteroatoms. The lowest BCUT2D eigenvalue weighted by Gasteiger charge is -1.99. The van der Waals surface area contributed by atoms with Crippen LogP contribution in [0.15, 0.2) is 48.2 Å². The van der Waals surface area contributed by atoms with Gasteiger partial charge in [-0.3, -0.25) is 0 Å². The second-order valence-corrected chi connectivity index (χ2v) is 2.66. The van der Waals surface area contributed by atoms with E-state index in [1.807, 2.05) is 55.5 Å². The van der Waals surface area contributed by atoms with E-state index >= 15 is 0 Å². The number of methoxy groups -OCH3 is 1. The van der Waals surface area contributed by atoms with Gasteiger partial charge in [-0.05, 0) is 24.6 Å². The van der Waals surface area contributed by atoms with Gasteiger partial charge in [0.2, 0.25) is 0 Å². The van der Waals surface area contributed by atoms with Crippen LogP contribution in [0, 0.1) is 0 Å². The molecule has 0 radical (unpaired) electrons. The van der Waals surface area contributed by atoms with Crippen LogP contribution in [0.1, 0.15) is 12.5 Å². The molecule has 0 aliphatic carbocycles. The van der Waals surface area contributed by atoms with E-state index in [0.717, 1.165) is 11.3 Å². The highest BCUT2D eigenvalue weighted by Gasteiger charge is 1.89. The van der Waals surface area contributed by atoms with Gasteiger partial charge in [-0.15, -0.1) is 0 Å². The SMILES string of the molecule is C/C=C/C(=C/c1ccccc1)OC. The summed E-state index contributed by atoms with van der Waals surface area (Å²) in [6.45, 7) is 1.97. The highest BCUT2D eigenvalue weighted by Crippen LogP contribution is 2.07. The first-order valence-electron chi connectivity index (χ1n) is 4.30. The van der Waals surface area contributed by atoms with Gasteiger partial charge in [-0.25, -0.2) is 0 Å². The molecule has 0 N–H and O–H groups in total. The Morgan fingerprint density at radius 3 is 2.46 bits per heavy atom. The van der Waals surface area contributed by atoms with E-state index in [4.69, 9.17) is 4.74 Å². The smallest absolute Gasteiger partial charge is 0.119 e. The summed E-state index contributed by atoms with van der Waals surface area (Å²) in [5.74, 6) is 0.869. The molecular formula is C12H14O. The molecule has 0 aliphatic heterocycles. The summed E-state index contributed by atoms with van der Waals surface area (Å²) in [6, 6.07) is 10.1. The third kappa shape index (κ3) is 3.16. The molecule has 0 bridgehead atoms. The van der Waals surface area contributed by atoms with Crippen LogP contribution in [0.2, 0.25) is 0 Å². The minimum absolute atomic E-state index is 0.869. The average molecular weight is 174 g/mol. The van der Waals surface area contributed by atoms with Crippen molar-refractivity contribution in [1.29, 1.82) is 0 Å². The van der Waals surface area contributed by atoms with Gasteiger partial charge >= 0.3 is 0 Å². The van der Waals surface area contributed by atoms with Gasteiger partial charge < -0.3 is 4.74 Å². The minimum Gasteiger partial charge on any atom is -0.497 e. The highest BCUT2D eigenvalue weighted by molar-refractivity contribution is 5.53. The number of rotatable bonds is 3. The first-order valence-corrected chi connectivity index (χ1v) is 4.30.